The molecule has 1 unspecified atom stereocenters. The van der Waals surface area contributed by atoms with E-state index < -0.39 is 96.9 Å². The SMILES string of the molecule is [2H]CC(=O)O[C@H]1C(O[C@@H]2[C@@H](C)[C@@H](O[C@H]3C[C@@](C)(OC)[C@@H](O)[C@H](C)O3)[C@H](C)CO[C@H](CC)[C@@](C)(O)[C@H](O)[C@@H](C)NC[C@H](C)C[C@@]2(C)O)O[C@H](C)C[C@@H]1N(C)C. The predicted octanol–water partition coefficient (Wildman–Crippen LogP) is 2.60. The van der Waals surface area contributed by atoms with E-state index in [1.807, 2.05) is 67.5 Å². The number of methoxy groups -OCH3 is 1. The molecule has 53 heavy (non-hydrogen) atoms. The zero-order valence-electron chi connectivity index (χ0n) is 35.6. The fourth-order valence-electron chi connectivity index (χ4n) is 8.77. The van der Waals surface area contributed by atoms with Gasteiger partial charge >= 0.3 is 5.97 Å². The summed E-state index contributed by atoms with van der Waals surface area (Å²) in [4.78, 5) is 14.6. The van der Waals surface area contributed by atoms with Gasteiger partial charge < -0.3 is 63.8 Å². The summed E-state index contributed by atoms with van der Waals surface area (Å²) in [5.74, 6) is -1.82. The first-order valence-corrected chi connectivity index (χ1v) is 19.5. The molecule has 14 heteroatoms. The minimum atomic E-state index is -1.59. The van der Waals surface area contributed by atoms with Crippen molar-refractivity contribution in [3.8, 4) is 0 Å². The van der Waals surface area contributed by atoms with Crippen LogP contribution in [0.25, 0.3) is 0 Å². The highest BCUT2D eigenvalue weighted by molar-refractivity contribution is 5.66. The number of hydrogen-bond donors (Lipinski definition) is 5. The molecule has 0 spiro atoms. The third kappa shape index (κ3) is 11.3. The van der Waals surface area contributed by atoms with E-state index in [2.05, 4.69) is 5.32 Å². The maximum absolute atomic E-state index is 12.6. The molecule has 3 fully saturated rings. The van der Waals surface area contributed by atoms with Gasteiger partial charge in [0.05, 0.1) is 60.5 Å². The van der Waals surface area contributed by atoms with E-state index in [1.165, 1.54) is 0 Å². The lowest BCUT2D eigenvalue weighted by Crippen LogP contribution is -2.61. The van der Waals surface area contributed by atoms with Crippen LogP contribution in [0.15, 0.2) is 0 Å². The van der Waals surface area contributed by atoms with Gasteiger partial charge in [-0.15, -0.1) is 0 Å². The van der Waals surface area contributed by atoms with E-state index in [0.29, 0.717) is 19.4 Å². The highest BCUT2D eigenvalue weighted by Gasteiger charge is 2.52. The Morgan fingerprint density at radius 2 is 1.64 bits per heavy atom. The molecule has 0 aromatic rings. The molecule has 0 saturated carbocycles. The van der Waals surface area contributed by atoms with E-state index >= 15 is 0 Å². The fourth-order valence-corrected chi connectivity index (χ4v) is 8.77. The highest BCUT2D eigenvalue weighted by Crippen LogP contribution is 2.40. The summed E-state index contributed by atoms with van der Waals surface area (Å²) in [5.41, 5.74) is -4.07. The summed E-state index contributed by atoms with van der Waals surface area (Å²) in [6.45, 7) is 18.3. The predicted molar refractivity (Wildman–Crippen MR) is 199 cm³/mol. The van der Waals surface area contributed by atoms with Gasteiger partial charge in [-0.3, -0.25) is 4.79 Å². The highest BCUT2D eigenvalue weighted by atomic mass is 16.7. The Bertz CT molecular complexity index is 1170. The average Bonchev–Trinajstić information content (AvgIpc) is 3.10. The molecule has 3 aliphatic rings. The second-order valence-electron chi connectivity index (χ2n) is 17.2. The van der Waals surface area contributed by atoms with E-state index in [9.17, 15) is 25.2 Å². The Morgan fingerprint density at radius 1 is 0.981 bits per heavy atom. The summed E-state index contributed by atoms with van der Waals surface area (Å²) < 4.78 is 52.1. The number of nitrogens with zero attached hydrogens (tertiary/aromatic N) is 1. The van der Waals surface area contributed by atoms with Crippen LogP contribution >= 0.6 is 0 Å². The first-order chi connectivity index (χ1) is 25.0. The van der Waals surface area contributed by atoms with Gasteiger partial charge in [0.2, 0.25) is 0 Å². The molecule has 0 aromatic heterocycles. The Labute approximate surface area is 319 Å². The van der Waals surface area contributed by atoms with Crippen molar-refractivity contribution in [2.24, 2.45) is 17.8 Å². The van der Waals surface area contributed by atoms with Crippen molar-refractivity contribution in [3.63, 3.8) is 0 Å². The molecule has 0 bridgehead atoms. The van der Waals surface area contributed by atoms with Gasteiger partial charge in [-0.1, -0.05) is 27.7 Å². The number of aliphatic hydroxyl groups excluding tert-OH is 2. The molecular weight excluding hydrogens is 688 g/mol. The van der Waals surface area contributed by atoms with Crippen LogP contribution in [0.2, 0.25) is 0 Å². The van der Waals surface area contributed by atoms with Crippen molar-refractivity contribution in [2.75, 3.05) is 34.4 Å². The van der Waals surface area contributed by atoms with Crippen LogP contribution in [0, 0.1) is 17.8 Å². The van der Waals surface area contributed by atoms with E-state index in [-0.39, 0.29) is 43.4 Å². The topological polar surface area (TPSA) is 178 Å². The molecule has 0 radical (unpaired) electrons. The Morgan fingerprint density at radius 3 is 2.23 bits per heavy atom. The minimum Gasteiger partial charge on any atom is -0.455 e. The second-order valence-corrected chi connectivity index (χ2v) is 17.2. The summed E-state index contributed by atoms with van der Waals surface area (Å²) >= 11 is 0. The molecule has 14 nitrogen and oxygen atoms in total. The van der Waals surface area contributed by atoms with Crippen molar-refractivity contribution >= 4 is 5.97 Å². The number of ether oxygens (including phenoxy) is 7. The van der Waals surface area contributed by atoms with E-state index in [0.717, 1.165) is 0 Å². The minimum absolute atomic E-state index is 0.110. The van der Waals surface area contributed by atoms with Gasteiger partial charge in [0.25, 0.3) is 0 Å². The molecule has 18 atom stereocenters. The number of nitrogens with one attached hydrogen (secondary N) is 1. The lowest BCUT2D eigenvalue weighted by atomic mass is 9.78. The molecule has 0 aromatic carbocycles. The van der Waals surface area contributed by atoms with Crippen LogP contribution in [0.4, 0.5) is 0 Å². The van der Waals surface area contributed by atoms with Crippen molar-refractivity contribution in [1.82, 2.24) is 10.2 Å². The maximum Gasteiger partial charge on any atom is 0.303 e. The zero-order chi connectivity index (χ0) is 40.9. The molecule has 5 N–H and O–H groups in total. The van der Waals surface area contributed by atoms with Crippen LogP contribution in [-0.4, -0.2) is 156 Å². The summed E-state index contributed by atoms with van der Waals surface area (Å²) in [6, 6.07) is -0.792. The molecule has 3 aliphatic heterocycles. The molecule has 3 heterocycles. The molecule has 0 amide bonds. The third-order valence-corrected chi connectivity index (χ3v) is 12.0. The summed E-state index contributed by atoms with van der Waals surface area (Å²) in [5, 5.41) is 50.0. The van der Waals surface area contributed by atoms with Crippen LogP contribution < -0.4 is 5.32 Å². The van der Waals surface area contributed by atoms with Gasteiger partial charge in [0.15, 0.2) is 18.7 Å². The van der Waals surface area contributed by atoms with E-state index in [1.54, 1.807) is 27.9 Å². The standard InChI is InChI=1S/C39H74N2O12/c1-15-29-39(11,46)33(43)25(6)40-19-21(2)17-37(9,45)35(53-36-32(51-27(8)42)28(41(12)13)16-23(4)49-36)24(5)31(22(3)20-48-29)52-30-18-38(10,47-14)34(44)26(7)50-30/h21-26,28-36,40,43-46H,15-20H2,1-14H3/t21-,22-,23-,24+,25-,26+,28+,29-,30+,31+,32-,33-,34+,35-,36?,37-,38-,39-/m1/s1/i8D. The molecular formula is C39H74N2O12. The van der Waals surface area contributed by atoms with Crippen LogP contribution in [-0.2, 0) is 38.0 Å². The second kappa shape index (κ2) is 19.0. The quantitative estimate of drug-likeness (QED) is 0.228. The number of likely N-dealkylation sites (N-methyl/N-ethyl adjacent to an activating group) is 1. The van der Waals surface area contributed by atoms with Gasteiger partial charge in [0.1, 0.15) is 11.7 Å². The number of rotatable bonds is 8. The number of aliphatic hydroxyl groups is 4. The fraction of sp³-hybridized carbons (Fsp3) is 0.974. The van der Waals surface area contributed by atoms with Crippen molar-refractivity contribution in [3.05, 3.63) is 0 Å². The van der Waals surface area contributed by atoms with Gasteiger partial charge in [-0.25, -0.2) is 0 Å². The van der Waals surface area contributed by atoms with Gasteiger partial charge in [-0.05, 0) is 87.4 Å². The van der Waals surface area contributed by atoms with Crippen LogP contribution in [0.1, 0.15) is 103 Å². The van der Waals surface area contributed by atoms with Gasteiger partial charge in [0, 0.05) is 39.7 Å². The first kappa shape index (κ1) is 44.7. The molecule has 3 rings (SSSR count). The normalized spacial score (nSPS) is 48.7. The summed E-state index contributed by atoms with van der Waals surface area (Å²) in [7, 11) is 5.32. The lowest BCUT2D eigenvalue weighted by Gasteiger charge is -2.49. The van der Waals surface area contributed by atoms with Crippen molar-refractivity contribution < 1.29 is 59.7 Å². The molecule has 3 saturated heterocycles. The number of esters is 1. The Kier molecular flexibility index (Phi) is 16.0. The summed E-state index contributed by atoms with van der Waals surface area (Å²) in [6.07, 6.45) is -6.71. The number of carbonyl (C=O) groups is 1. The smallest absolute Gasteiger partial charge is 0.303 e. The lowest BCUT2D eigenvalue weighted by molar-refractivity contribution is -0.320. The van der Waals surface area contributed by atoms with E-state index in [4.69, 9.17) is 34.5 Å². The molecule has 312 valence electrons. The Balaban J connectivity index is 2.16. The monoisotopic (exact) mass is 764 g/mol. The Hall–Kier alpha value is -1.01. The third-order valence-electron chi connectivity index (χ3n) is 12.0. The zero-order valence-corrected chi connectivity index (χ0v) is 34.6. The largest absolute Gasteiger partial charge is 0.455 e. The number of carbonyl (C=O) groups excluding carboxylic acids is 1. The van der Waals surface area contributed by atoms with Crippen molar-refractivity contribution in [2.45, 2.75) is 192 Å². The number of hydrogen-bond acceptors (Lipinski definition) is 14. The van der Waals surface area contributed by atoms with Crippen molar-refractivity contribution in [1.29, 1.82) is 0 Å². The van der Waals surface area contributed by atoms with Gasteiger partial charge in [-0.2, -0.15) is 0 Å². The first-order valence-electron chi connectivity index (χ1n) is 20.2. The maximum atomic E-state index is 12.6. The molecule has 0 aliphatic carbocycles. The average molecular weight is 764 g/mol. The van der Waals surface area contributed by atoms with Crippen LogP contribution in [0.3, 0.4) is 0 Å². The van der Waals surface area contributed by atoms with Crippen LogP contribution in [0.5, 0.6) is 0 Å².